The Labute approximate surface area is 173 Å². The number of furan rings is 1. The van der Waals surface area contributed by atoms with Crippen LogP contribution in [0.15, 0.2) is 77.4 Å². The molecular weight excluding hydrogens is 384 g/mol. The molecular formula is C22H22N4O4. The molecule has 0 aliphatic rings. The molecule has 3 rings (SSSR count). The number of carbonyl (C=O) groups excluding carboxylic acids is 3. The first-order valence-electron chi connectivity index (χ1n) is 9.37. The topological polar surface area (TPSA) is 112 Å². The number of hydrogen-bond acceptors (Lipinski definition) is 5. The summed E-state index contributed by atoms with van der Waals surface area (Å²) in [6.07, 6.45) is 1.50. The lowest BCUT2D eigenvalue weighted by Gasteiger charge is -2.12. The summed E-state index contributed by atoms with van der Waals surface area (Å²) in [6.45, 7) is 0.394. The highest BCUT2D eigenvalue weighted by atomic mass is 16.3. The summed E-state index contributed by atoms with van der Waals surface area (Å²) in [6, 6.07) is 19.2. The Balaban J connectivity index is 1.48. The van der Waals surface area contributed by atoms with Crippen LogP contribution in [0.5, 0.6) is 0 Å². The highest BCUT2D eigenvalue weighted by Gasteiger charge is 2.13. The molecule has 0 spiro atoms. The molecule has 0 aliphatic heterocycles. The first kappa shape index (κ1) is 20.7. The minimum Gasteiger partial charge on any atom is -0.467 e. The molecule has 2 aromatic carbocycles. The van der Waals surface area contributed by atoms with Gasteiger partial charge in [0.05, 0.1) is 24.9 Å². The Morgan fingerprint density at radius 2 is 1.57 bits per heavy atom. The average Bonchev–Trinajstić information content (AvgIpc) is 3.29. The number of amides is 4. The van der Waals surface area contributed by atoms with Crippen LogP contribution in [0.3, 0.4) is 0 Å². The summed E-state index contributed by atoms with van der Waals surface area (Å²) >= 11 is 0. The van der Waals surface area contributed by atoms with Crippen LogP contribution in [0.1, 0.15) is 21.7 Å². The van der Waals surface area contributed by atoms with E-state index in [9.17, 15) is 14.4 Å². The largest absolute Gasteiger partial charge is 0.467 e. The lowest BCUT2D eigenvalue weighted by atomic mass is 10.1. The molecule has 0 radical (unpaired) electrons. The molecule has 1 aromatic heterocycles. The summed E-state index contributed by atoms with van der Waals surface area (Å²) in [7, 11) is 0. The monoisotopic (exact) mass is 406 g/mol. The maximum atomic E-state index is 12.5. The van der Waals surface area contributed by atoms with E-state index in [0.29, 0.717) is 23.6 Å². The van der Waals surface area contributed by atoms with Gasteiger partial charge in [0.1, 0.15) is 5.76 Å². The summed E-state index contributed by atoms with van der Waals surface area (Å²) < 4.78 is 5.10. The molecule has 8 nitrogen and oxygen atoms in total. The summed E-state index contributed by atoms with van der Waals surface area (Å²) in [5.74, 6) is -0.226. The second-order valence-electron chi connectivity index (χ2n) is 6.38. The van der Waals surface area contributed by atoms with Crippen molar-refractivity contribution < 1.29 is 18.8 Å². The van der Waals surface area contributed by atoms with Crippen molar-refractivity contribution in [3.63, 3.8) is 0 Å². The Bertz CT molecular complexity index is 987. The number of urea groups is 1. The van der Waals surface area contributed by atoms with Gasteiger partial charge in [0.2, 0.25) is 5.91 Å². The van der Waals surface area contributed by atoms with Gasteiger partial charge < -0.3 is 20.4 Å². The molecule has 0 bridgehead atoms. The van der Waals surface area contributed by atoms with Gasteiger partial charge in [-0.05, 0) is 29.8 Å². The highest BCUT2D eigenvalue weighted by Crippen LogP contribution is 2.15. The van der Waals surface area contributed by atoms with Gasteiger partial charge in [0.25, 0.3) is 5.91 Å². The standard InChI is InChI=1S/C22H22N4O4/c27-20(26-22(29)25-14-17-9-6-12-30-17)15-23-19-11-5-4-10-18(19)21(28)24-13-16-7-2-1-3-8-16/h1-12,23H,13-15H2,(H,24,28)(H2,25,26,27,29). The summed E-state index contributed by atoms with van der Waals surface area (Å²) in [5, 5.41) is 10.5. The number of carbonyl (C=O) groups is 3. The molecule has 1 heterocycles. The molecule has 0 unspecified atom stereocenters. The number of hydrogen-bond donors (Lipinski definition) is 4. The molecule has 154 valence electrons. The van der Waals surface area contributed by atoms with Gasteiger partial charge >= 0.3 is 6.03 Å². The fraction of sp³-hybridized carbons (Fsp3) is 0.136. The van der Waals surface area contributed by atoms with Crippen molar-refractivity contribution >= 4 is 23.5 Å². The second kappa shape index (κ2) is 10.5. The van der Waals surface area contributed by atoms with Crippen LogP contribution < -0.4 is 21.3 Å². The molecule has 3 aromatic rings. The third-order valence-electron chi connectivity index (χ3n) is 4.16. The number of benzene rings is 2. The van der Waals surface area contributed by atoms with E-state index in [0.717, 1.165) is 5.56 Å². The van der Waals surface area contributed by atoms with Crippen LogP contribution in [-0.2, 0) is 17.9 Å². The number of anilines is 1. The van der Waals surface area contributed by atoms with Crippen LogP contribution in [-0.4, -0.2) is 24.4 Å². The van der Waals surface area contributed by atoms with E-state index >= 15 is 0 Å². The fourth-order valence-corrected chi connectivity index (χ4v) is 2.68. The molecule has 0 fully saturated rings. The van der Waals surface area contributed by atoms with Crippen molar-refractivity contribution in [2.24, 2.45) is 0 Å². The van der Waals surface area contributed by atoms with Gasteiger partial charge in [-0.3, -0.25) is 14.9 Å². The average molecular weight is 406 g/mol. The molecule has 4 N–H and O–H groups in total. The van der Waals surface area contributed by atoms with Crippen molar-refractivity contribution in [1.82, 2.24) is 16.0 Å². The lowest BCUT2D eigenvalue weighted by Crippen LogP contribution is -2.41. The molecule has 0 aliphatic carbocycles. The Kier molecular flexibility index (Phi) is 7.21. The van der Waals surface area contributed by atoms with E-state index in [-0.39, 0.29) is 19.0 Å². The highest BCUT2D eigenvalue weighted by molar-refractivity contribution is 6.01. The van der Waals surface area contributed by atoms with Crippen molar-refractivity contribution in [2.45, 2.75) is 13.1 Å². The van der Waals surface area contributed by atoms with Crippen LogP contribution in [0.4, 0.5) is 10.5 Å². The smallest absolute Gasteiger partial charge is 0.321 e. The number of nitrogens with one attached hydrogen (secondary N) is 4. The summed E-state index contributed by atoms with van der Waals surface area (Å²) in [5.41, 5.74) is 1.88. The number of imide groups is 1. The van der Waals surface area contributed by atoms with E-state index in [1.165, 1.54) is 6.26 Å². The Morgan fingerprint density at radius 3 is 2.33 bits per heavy atom. The third kappa shape index (κ3) is 6.23. The predicted molar refractivity (Wildman–Crippen MR) is 112 cm³/mol. The third-order valence-corrected chi connectivity index (χ3v) is 4.16. The second-order valence-corrected chi connectivity index (χ2v) is 6.38. The van der Waals surface area contributed by atoms with Crippen LogP contribution in [0, 0.1) is 0 Å². The van der Waals surface area contributed by atoms with Crippen molar-refractivity contribution in [3.05, 3.63) is 89.9 Å². The fourth-order valence-electron chi connectivity index (χ4n) is 2.68. The molecule has 4 amide bonds. The van der Waals surface area contributed by atoms with Gasteiger partial charge in [-0.1, -0.05) is 42.5 Å². The van der Waals surface area contributed by atoms with E-state index in [1.807, 2.05) is 30.3 Å². The first-order valence-corrected chi connectivity index (χ1v) is 9.37. The quantitative estimate of drug-likeness (QED) is 0.459. The molecule has 8 heteroatoms. The van der Waals surface area contributed by atoms with E-state index in [4.69, 9.17) is 4.42 Å². The van der Waals surface area contributed by atoms with Gasteiger partial charge in [-0.25, -0.2) is 4.79 Å². The Morgan fingerprint density at radius 1 is 0.800 bits per heavy atom. The normalized spacial score (nSPS) is 10.1. The molecule has 0 saturated heterocycles. The van der Waals surface area contributed by atoms with E-state index < -0.39 is 11.9 Å². The van der Waals surface area contributed by atoms with E-state index in [1.54, 1.807) is 36.4 Å². The lowest BCUT2D eigenvalue weighted by molar-refractivity contribution is -0.118. The van der Waals surface area contributed by atoms with Gasteiger partial charge in [-0.2, -0.15) is 0 Å². The minimum absolute atomic E-state index is 0.169. The molecule has 0 atom stereocenters. The van der Waals surface area contributed by atoms with Crippen LogP contribution in [0.25, 0.3) is 0 Å². The Hall–Kier alpha value is -4.07. The predicted octanol–water partition coefficient (Wildman–Crippen LogP) is 2.65. The zero-order valence-corrected chi connectivity index (χ0v) is 16.2. The van der Waals surface area contributed by atoms with Gasteiger partial charge in [0.15, 0.2) is 0 Å². The zero-order chi connectivity index (χ0) is 21.2. The van der Waals surface area contributed by atoms with Gasteiger partial charge in [0, 0.05) is 12.2 Å². The van der Waals surface area contributed by atoms with Crippen molar-refractivity contribution in [2.75, 3.05) is 11.9 Å². The number of para-hydroxylation sites is 1. The SMILES string of the molecule is O=C(CNc1ccccc1C(=O)NCc1ccccc1)NC(=O)NCc1ccco1. The zero-order valence-electron chi connectivity index (χ0n) is 16.2. The summed E-state index contributed by atoms with van der Waals surface area (Å²) in [4.78, 5) is 36.3. The maximum Gasteiger partial charge on any atom is 0.321 e. The van der Waals surface area contributed by atoms with Crippen molar-refractivity contribution in [1.29, 1.82) is 0 Å². The minimum atomic E-state index is -0.632. The molecule has 0 saturated carbocycles. The van der Waals surface area contributed by atoms with Crippen LogP contribution in [0.2, 0.25) is 0 Å². The van der Waals surface area contributed by atoms with E-state index in [2.05, 4.69) is 21.3 Å². The number of rotatable bonds is 8. The van der Waals surface area contributed by atoms with Crippen molar-refractivity contribution in [3.8, 4) is 0 Å². The first-order chi connectivity index (χ1) is 14.6. The molecule has 30 heavy (non-hydrogen) atoms. The maximum absolute atomic E-state index is 12.5. The van der Waals surface area contributed by atoms with Crippen LogP contribution >= 0.6 is 0 Å². The van der Waals surface area contributed by atoms with Gasteiger partial charge in [-0.15, -0.1) is 0 Å².